The summed E-state index contributed by atoms with van der Waals surface area (Å²) in [5.41, 5.74) is 0. The van der Waals surface area contributed by atoms with Crippen molar-refractivity contribution in [3.05, 3.63) is 12.7 Å². The number of esters is 1. The largest absolute Gasteiger partial charge is 0.351 e. The van der Waals surface area contributed by atoms with Crippen molar-refractivity contribution in [3.8, 4) is 6.26 Å². The van der Waals surface area contributed by atoms with Gasteiger partial charge >= 0.3 is 5.97 Å². The third kappa shape index (κ3) is 4.56. The SMILES string of the molecule is C=CCCC(=O)OC#N. The van der Waals surface area contributed by atoms with Crippen molar-refractivity contribution < 1.29 is 9.53 Å². The molecule has 0 saturated heterocycles. The number of nitriles is 1. The predicted octanol–water partition coefficient (Wildman–Crippen LogP) is 0.977. The maximum atomic E-state index is 10.3. The molecule has 0 rings (SSSR count). The molecule has 0 fully saturated rings. The van der Waals surface area contributed by atoms with Gasteiger partial charge in [-0.25, -0.2) is 0 Å². The number of hydrogen-bond acceptors (Lipinski definition) is 3. The summed E-state index contributed by atoms with van der Waals surface area (Å²) < 4.78 is 3.96. The van der Waals surface area contributed by atoms with E-state index >= 15 is 0 Å². The maximum absolute atomic E-state index is 10.3. The smallest absolute Gasteiger partial charge is 0.321 e. The molecule has 3 heteroatoms. The van der Waals surface area contributed by atoms with Crippen LogP contribution in [0.2, 0.25) is 0 Å². The van der Waals surface area contributed by atoms with E-state index in [9.17, 15) is 4.79 Å². The summed E-state index contributed by atoms with van der Waals surface area (Å²) in [7, 11) is 0. The summed E-state index contributed by atoms with van der Waals surface area (Å²) in [5, 5.41) is 7.82. The molecule has 3 nitrogen and oxygen atoms in total. The molecule has 0 aliphatic carbocycles. The van der Waals surface area contributed by atoms with E-state index in [2.05, 4.69) is 11.3 Å². The van der Waals surface area contributed by atoms with Gasteiger partial charge in [0.25, 0.3) is 6.26 Å². The zero-order valence-electron chi connectivity index (χ0n) is 4.96. The van der Waals surface area contributed by atoms with Crippen LogP contribution in [0.3, 0.4) is 0 Å². The number of carbonyl (C=O) groups excluding carboxylic acids is 1. The fourth-order valence-corrected chi connectivity index (χ4v) is 0.322. The first-order valence-corrected chi connectivity index (χ1v) is 2.51. The Labute approximate surface area is 53.5 Å². The third-order valence-electron chi connectivity index (χ3n) is 0.712. The Bertz CT molecular complexity index is 146. The van der Waals surface area contributed by atoms with E-state index in [1.165, 1.54) is 6.26 Å². The average molecular weight is 125 g/mol. The number of nitrogens with zero attached hydrogens (tertiary/aromatic N) is 1. The van der Waals surface area contributed by atoms with Crippen LogP contribution in [0.1, 0.15) is 12.8 Å². The first kappa shape index (κ1) is 7.70. The van der Waals surface area contributed by atoms with E-state index in [4.69, 9.17) is 5.26 Å². The third-order valence-corrected chi connectivity index (χ3v) is 0.712. The highest BCUT2D eigenvalue weighted by Gasteiger charge is 1.97. The lowest BCUT2D eigenvalue weighted by Gasteiger charge is -1.88. The quantitative estimate of drug-likeness (QED) is 0.321. The van der Waals surface area contributed by atoms with Gasteiger partial charge in [0.1, 0.15) is 0 Å². The highest BCUT2D eigenvalue weighted by molar-refractivity contribution is 5.70. The van der Waals surface area contributed by atoms with Crippen LogP contribution in [0.4, 0.5) is 0 Å². The van der Waals surface area contributed by atoms with Crippen LogP contribution < -0.4 is 0 Å². The van der Waals surface area contributed by atoms with Gasteiger partial charge in [-0.15, -0.1) is 11.8 Å². The second kappa shape index (κ2) is 4.85. The fraction of sp³-hybridized carbons (Fsp3) is 0.333. The minimum atomic E-state index is -0.502. The van der Waals surface area contributed by atoms with Crippen LogP contribution in [0.5, 0.6) is 0 Å². The van der Waals surface area contributed by atoms with Crippen molar-refractivity contribution in [3.63, 3.8) is 0 Å². The molecule has 0 aromatic heterocycles. The van der Waals surface area contributed by atoms with Crippen LogP contribution in [0, 0.1) is 11.5 Å². The van der Waals surface area contributed by atoms with Crippen molar-refractivity contribution >= 4 is 5.97 Å². The summed E-state index contributed by atoms with van der Waals surface area (Å²) in [6.07, 6.45) is 3.68. The number of hydrogen-bond donors (Lipinski definition) is 0. The lowest BCUT2D eigenvalue weighted by Crippen LogP contribution is -1.97. The highest BCUT2D eigenvalue weighted by atomic mass is 16.5. The second-order valence-electron chi connectivity index (χ2n) is 1.39. The summed E-state index contributed by atoms with van der Waals surface area (Å²) in [4.78, 5) is 10.3. The predicted molar refractivity (Wildman–Crippen MR) is 31.1 cm³/mol. The Morgan fingerprint density at radius 3 is 3.00 bits per heavy atom. The number of allylic oxidation sites excluding steroid dienone is 1. The van der Waals surface area contributed by atoms with Crippen molar-refractivity contribution in [2.24, 2.45) is 0 Å². The minimum Gasteiger partial charge on any atom is -0.351 e. The van der Waals surface area contributed by atoms with Crippen molar-refractivity contribution in [1.29, 1.82) is 5.26 Å². The molecule has 0 aliphatic rings. The van der Waals surface area contributed by atoms with Crippen molar-refractivity contribution in [1.82, 2.24) is 0 Å². The maximum Gasteiger partial charge on any atom is 0.321 e. The molecule has 0 aromatic rings. The number of rotatable bonds is 3. The Morgan fingerprint density at radius 1 is 1.89 bits per heavy atom. The van der Waals surface area contributed by atoms with Gasteiger partial charge in [0.15, 0.2) is 0 Å². The standard InChI is InChI=1S/C6H7NO2/c1-2-3-4-6(8)9-5-7/h2H,1,3-4H2. The molecule has 0 aliphatic heterocycles. The van der Waals surface area contributed by atoms with Crippen molar-refractivity contribution in [2.45, 2.75) is 12.8 Å². The fourth-order valence-electron chi connectivity index (χ4n) is 0.322. The van der Waals surface area contributed by atoms with Crippen LogP contribution in [-0.2, 0) is 9.53 Å². The van der Waals surface area contributed by atoms with Crippen LogP contribution in [0.25, 0.3) is 0 Å². The summed E-state index contributed by atoms with van der Waals surface area (Å²) in [5.74, 6) is -0.502. The molecule has 0 amide bonds. The molecule has 0 radical (unpaired) electrons. The summed E-state index contributed by atoms with van der Waals surface area (Å²) in [6.45, 7) is 3.40. The summed E-state index contributed by atoms with van der Waals surface area (Å²) >= 11 is 0. The van der Waals surface area contributed by atoms with Crippen LogP contribution in [-0.4, -0.2) is 5.97 Å². The lowest BCUT2D eigenvalue weighted by molar-refractivity contribution is -0.136. The number of ether oxygens (including phenoxy) is 1. The molecule has 0 bridgehead atoms. The Balaban J connectivity index is 3.29. The van der Waals surface area contributed by atoms with E-state index < -0.39 is 5.97 Å². The molecule has 48 valence electrons. The number of carbonyl (C=O) groups is 1. The zero-order chi connectivity index (χ0) is 7.11. The van der Waals surface area contributed by atoms with Gasteiger partial charge in [0.05, 0.1) is 6.42 Å². The average Bonchev–Trinajstić information content (AvgIpc) is 1.85. The van der Waals surface area contributed by atoms with E-state index in [0.29, 0.717) is 6.42 Å². The van der Waals surface area contributed by atoms with Crippen LogP contribution in [0.15, 0.2) is 12.7 Å². The molecule has 0 unspecified atom stereocenters. The lowest BCUT2D eigenvalue weighted by atomic mass is 10.3. The van der Waals surface area contributed by atoms with Crippen molar-refractivity contribution in [2.75, 3.05) is 0 Å². The van der Waals surface area contributed by atoms with E-state index in [1.807, 2.05) is 0 Å². The Kier molecular flexibility index (Phi) is 4.15. The molecule has 0 heterocycles. The van der Waals surface area contributed by atoms with Gasteiger partial charge in [0, 0.05) is 0 Å². The normalized spacial score (nSPS) is 7.44. The van der Waals surface area contributed by atoms with Gasteiger partial charge in [0.2, 0.25) is 0 Å². The van der Waals surface area contributed by atoms with E-state index in [-0.39, 0.29) is 6.42 Å². The zero-order valence-corrected chi connectivity index (χ0v) is 4.96. The molecule has 0 aromatic carbocycles. The van der Waals surface area contributed by atoms with E-state index in [1.54, 1.807) is 6.08 Å². The second-order valence-corrected chi connectivity index (χ2v) is 1.39. The van der Waals surface area contributed by atoms with Crippen LogP contribution >= 0.6 is 0 Å². The first-order valence-electron chi connectivity index (χ1n) is 2.51. The Morgan fingerprint density at radius 2 is 2.56 bits per heavy atom. The summed E-state index contributed by atoms with van der Waals surface area (Å²) in [6, 6.07) is 0. The highest BCUT2D eigenvalue weighted by Crippen LogP contribution is 1.90. The van der Waals surface area contributed by atoms with Gasteiger partial charge in [-0.1, -0.05) is 6.08 Å². The molecule has 0 spiro atoms. The molecule has 9 heavy (non-hydrogen) atoms. The molecule has 0 atom stereocenters. The molecule has 0 N–H and O–H groups in total. The molecule has 0 saturated carbocycles. The topological polar surface area (TPSA) is 50.1 Å². The monoisotopic (exact) mass is 125 g/mol. The van der Waals surface area contributed by atoms with Gasteiger partial charge in [-0.3, -0.25) is 4.79 Å². The van der Waals surface area contributed by atoms with Gasteiger partial charge in [-0.2, -0.15) is 0 Å². The minimum absolute atomic E-state index is 0.233. The molecular formula is C6H7NO2. The van der Waals surface area contributed by atoms with Gasteiger partial charge < -0.3 is 4.74 Å². The van der Waals surface area contributed by atoms with E-state index in [0.717, 1.165) is 0 Å². The first-order chi connectivity index (χ1) is 4.31. The van der Waals surface area contributed by atoms with Gasteiger partial charge in [-0.05, 0) is 6.42 Å². The molecular weight excluding hydrogens is 118 g/mol. The Hall–Kier alpha value is -1.30.